The van der Waals surface area contributed by atoms with Gasteiger partial charge in [0.15, 0.2) is 6.10 Å². The first-order chi connectivity index (χ1) is 5.69. The van der Waals surface area contributed by atoms with Crippen molar-refractivity contribution in [3.63, 3.8) is 0 Å². The zero-order valence-corrected chi connectivity index (χ0v) is 6.34. The minimum atomic E-state index is -1.08. The molecule has 1 aliphatic heterocycles. The van der Waals surface area contributed by atoms with Gasteiger partial charge in [0.25, 0.3) is 0 Å². The molecule has 1 aliphatic rings. The van der Waals surface area contributed by atoms with E-state index in [1.807, 2.05) is 0 Å². The Balaban J connectivity index is 2.64. The van der Waals surface area contributed by atoms with E-state index in [0.29, 0.717) is 0 Å². The van der Waals surface area contributed by atoms with Crippen molar-refractivity contribution in [3.05, 3.63) is 10.1 Å². The summed E-state index contributed by atoms with van der Waals surface area (Å²) in [5.41, 5.74) is 0. The van der Waals surface area contributed by atoms with Gasteiger partial charge in [-0.1, -0.05) is 0 Å². The Bertz CT molecular complexity index is 225. The van der Waals surface area contributed by atoms with E-state index in [1.54, 1.807) is 6.07 Å². The molecule has 66 valence electrons. The quantitative estimate of drug-likeness (QED) is 0.420. The summed E-state index contributed by atoms with van der Waals surface area (Å²) in [7, 11) is 1.25. The largest absolute Gasteiger partial charge is 0.316 e. The van der Waals surface area contributed by atoms with Gasteiger partial charge in [0.05, 0.1) is 19.6 Å². The first-order valence-corrected chi connectivity index (χ1v) is 3.22. The lowest BCUT2D eigenvalue weighted by molar-refractivity contribution is -0.596. The average molecular weight is 173 g/mol. The monoisotopic (exact) mass is 173 g/mol. The van der Waals surface area contributed by atoms with E-state index in [0.717, 1.165) is 5.23 Å². The molecule has 0 aromatic rings. The Kier molecular flexibility index (Phi) is 2.54. The molecule has 0 aromatic heterocycles. The van der Waals surface area contributed by atoms with E-state index in [4.69, 9.17) is 10.1 Å². The molecule has 7 nitrogen and oxygen atoms in total. The Morgan fingerprint density at radius 3 is 2.92 bits per heavy atom. The number of hydrogen-bond acceptors (Lipinski definition) is 6. The number of nitrogens with zero attached hydrogens (tertiary/aromatic N) is 3. The molecule has 1 rings (SSSR count). The van der Waals surface area contributed by atoms with Crippen molar-refractivity contribution in [2.24, 2.45) is 0 Å². The van der Waals surface area contributed by atoms with Crippen molar-refractivity contribution in [1.82, 2.24) is 5.23 Å². The van der Waals surface area contributed by atoms with Crippen molar-refractivity contribution in [2.45, 2.75) is 18.7 Å². The zero-order valence-electron chi connectivity index (χ0n) is 6.34. The standard InChI is InChI=1S/C5H7N3O4/c1-11-8-5(7(9)10)2-4(3-6)12-8/h4-5H,2H2,1H3. The molecule has 12 heavy (non-hydrogen) atoms. The number of nitro groups is 1. The van der Waals surface area contributed by atoms with E-state index in [2.05, 4.69) is 4.84 Å². The first-order valence-electron chi connectivity index (χ1n) is 3.22. The third-order valence-corrected chi connectivity index (χ3v) is 1.47. The summed E-state index contributed by atoms with van der Waals surface area (Å²) in [4.78, 5) is 19.0. The van der Waals surface area contributed by atoms with E-state index < -0.39 is 17.2 Å². The highest BCUT2D eigenvalue weighted by molar-refractivity contribution is 4.87. The van der Waals surface area contributed by atoms with Crippen molar-refractivity contribution < 1.29 is 14.6 Å². The third kappa shape index (κ3) is 1.50. The van der Waals surface area contributed by atoms with Crippen LogP contribution in [0, 0.1) is 21.4 Å². The highest BCUT2D eigenvalue weighted by atomic mass is 17.0. The van der Waals surface area contributed by atoms with E-state index >= 15 is 0 Å². The Hall–Kier alpha value is -1.23. The maximum absolute atomic E-state index is 10.3. The summed E-state index contributed by atoms with van der Waals surface area (Å²) >= 11 is 0. The summed E-state index contributed by atoms with van der Waals surface area (Å²) < 4.78 is 0. The van der Waals surface area contributed by atoms with Crippen molar-refractivity contribution in [2.75, 3.05) is 7.11 Å². The fraction of sp³-hybridized carbons (Fsp3) is 0.800. The molecule has 1 heterocycles. The SMILES string of the molecule is CON1OC(C#N)CC1[N+](=O)[O-]. The minimum Gasteiger partial charge on any atom is -0.272 e. The maximum Gasteiger partial charge on any atom is 0.316 e. The van der Waals surface area contributed by atoms with Crippen molar-refractivity contribution >= 4 is 0 Å². The number of rotatable bonds is 2. The van der Waals surface area contributed by atoms with Crippen LogP contribution in [-0.2, 0) is 9.68 Å². The minimum absolute atomic E-state index is 0.0251. The van der Waals surface area contributed by atoms with Gasteiger partial charge < -0.3 is 0 Å². The van der Waals surface area contributed by atoms with Crippen LogP contribution in [0.4, 0.5) is 0 Å². The molecular formula is C5H7N3O4. The van der Waals surface area contributed by atoms with E-state index in [-0.39, 0.29) is 6.42 Å². The van der Waals surface area contributed by atoms with Crippen LogP contribution in [0.25, 0.3) is 0 Å². The molecule has 0 N–H and O–H groups in total. The van der Waals surface area contributed by atoms with Gasteiger partial charge in [0, 0.05) is 10.1 Å². The molecule has 2 unspecified atom stereocenters. The highest BCUT2D eigenvalue weighted by Gasteiger charge is 2.42. The lowest BCUT2D eigenvalue weighted by Gasteiger charge is -2.11. The lowest BCUT2D eigenvalue weighted by Crippen LogP contribution is -2.33. The second-order valence-corrected chi connectivity index (χ2v) is 2.19. The number of hydroxylamine groups is 2. The van der Waals surface area contributed by atoms with Crippen LogP contribution < -0.4 is 0 Å². The zero-order chi connectivity index (χ0) is 9.14. The average Bonchev–Trinajstić information content (AvgIpc) is 2.47. The van der Waals surface area contributed by atoms with Crippen molar-refractivity contribution in [1.29, 1.82) is 5.26 Å². The van der Waals surface area contributed by atoms with Gasteiger partial charge in [-0.2, -0.15) is 5.26 Å². The van der Waals surface area contributed by atoms with Crippen LogP contribution in [0.1, 0.15) is 6.42 Å². The van der Waals surface area contributed by atoms with Crippen molar-refractivity contribution in [3.8, 4) is 6.07 Å². The van der Waals surface area contributed by atoms with E-state index in [1.165, 1.54) is 7.11 Å². The predicted octanol–water partition coefficient (Wildman–Crippen LogP) is -0.320. The maximum atomic E-state index is 10.3. The molecular weight excluding hydrogens is 166 g/mol. The van der Waals surface area contributed by atoms with Crippen LogP contribution in [0.15, 0.2) is 0 Å². The molecule has 1 saturated heterocycles. The van der Waals surface area contributed by atoms with Gasteiger partial charge in [-0.05, 0) is 0 Å². The van der Waals surface area contributed by atoms with Gasteiger partial charge in [-0.3, -0.25) is 15.0 Å². The second kappa shape index (κ2) is 3.44. The summed E-state index contributed by atoms with van der Waals surface area (Å²) in [6, 6.07) is 1.76. The molecule has 0 aromatic carbocycles. The Morgan fingerprint density at radius 1 is 1.92 bits per heavy atom. The molecule has 0 aliphatic carbocycles. The first kappa shape index (κ1) is 8.86. The Morgan fingerprint density at radius 2 is 2.58 bits per heavy atom. The lowest BCUT2D eigenvalue weighted by atomic mass is 10.2. The van der Waals surface area contributed by atoms with Crippen LogP contribution in [0.3, 0.4) is 0 Å². The molecule has 0 radical (unpaired) electrons. The van der Waals surface area contributed by atoms with Gasteiger partial charge in [0.1, 0.15) is 0 Å². The number of nitriles is 1. The fourth-order valence-corrected chi connectivity index (χ4v) is 0.920. The molecule has 1 fully saturated rings. The van der Waals surface area contributed by atoms with Crippen LogP contribution >= 0.6 is 0 Å². The molecule has 0 saturated carbocycles. The molecule has 0 bridgehead atoms. The van der Waals surface area contributed by atoms with Gasteiger partial charge in [-0.15, -0.1) is 0 Å². The molecule has 0 amide bonds. The Labute approximate surface area is 68.1 Å². The third-order valence-electron chi connectivity index (χ3n) is 1.47. The predicted molar refractivity (Wildman–Crippen MR) is 34.7 cm³/mol. The van der Waals surface area contributed by atoms with Crippen LogP contribution in [-0.4, -0.2) is 29.5 Å². The second-order valence-electron chi connectivity index (χ2n) is 2.19. The topological polar surface area (TPSA) is 88.6 Å². The highest BCUT2D eigenvalue weighted by Crippen LogP contribution is 2.20. The van der Waals surface area contributed by atoms with Gasteiger partial charge in [-0.25, -0.2) is 4.84 Å². The van der Waals surface area contributed by atoms with Gasteiger partial charge in [0.2, 0.25) is 0 Å². The van der Waals surface area contributed by atoms with Crippen LogP contribution in [0.5, 0.6) is 0 Å². The normalized spacial score (nSPS) is 30.0. The molecule has 7 heteroatoms. The summed E-state index contributed by atoms with van der Waals surface area (Å²) in [5.74, 6) is 0. The summed E-state index contributed by atoms with van der Waals surface area (Å²) in [6.07, 6.45) is -1.85. The molecule has 2 atom stereocenters. The summed E-state index contributed by atoms with van der Waals surface area (Å²) in [6.45, 7) is 0. The molecule has 0 spiro atoms. The van der Waals surface area contributed by atoms with Crippen LogP contribution in [0.2, 0.25) is 0 Å². The number of hydrogen-bond donors (Lipinski definition) is 0. The van der Waals surface area contributed by atoms with E-state index in [9.17, 15) is 10.1 Å². The van der Waals surface area contributed by atoms with Gasteiger partial charge >= 0.3 is 6.17 Å². The summed E-state index contributed by atoms with van der Waals surface area (Å²) in [5, 5.41) is 19.5. The fourth-order valence-electron chi connectivity index (χ4n) is 0.920. The smallest absolute Gasteiger partial charge is 0.272 e.